The van der Waals surface area contributed by atoms with Gasteiger partial charge in [0.15, 0.2) is 0 Å². The van der Waals surface area contributed by atoms with Crippen molar-refractivity contribution < 1.29 is 42.2 Å². The second-order valence-corrected chi connectivity index (χ2v) is 5.17. The van der Waals surface area contributed by atoms with E-state index in [2.05, 4.69) is 13.8 Å². The Balaban J connectivity index is -0.000000295. The quantitative estimate of drug-likeness (QED) is 0.492. The Hall–Kier alpha value is -0.320. The minimum absolute atomic E-state index is 0. The predicted molar refractivity (Wildman–Crippen MR) is 81.9 cm³/mol. The largest absolute Gasteiger partial charge is 2.00 e. The standard InChI is InChI=1S/2C8H16O2.Ta/c2*1-3-5-6-7(4-2)8(9)10;/h2*7H,3-6H2,1-2H3,(H,9,10);/q;;+2. The predicted octanol–water partition coefficient (Wildman–Crippen LogP) is 4.57. The van der Waals surface area contributed by atoms with Gasteiger partial charge in [0.05, 0.1) is 11.8 Å². The number of carboxylic acids is 2. The molecule has 0 saturated heterocycles. The second-order valence-electron chi connectivity index (χ2n) is 5.17. The first-order valence-electron chi connectivity index (χ1n) is 7.89. The van der Waals surface area contributed by atoms with Crippen LogP contribution in [0.1, 0.15) is 79.1 Å². The van der Waals surface area contributed by atoms with Gasteiger partial charge in [-0.1, -0.05) is 53.4 Å². The van der Waals surface area contributed by atoms with E-state index in [0.29, 0.717) is 0 Å². The van der Waals surface area contributed by atoms with E-state index in [9.17, 15) is 9.59 Å². The van der Waals surface area contributed by atoms with Crippen LogP contribution in [0, 0.1) is 11.8 Å². The van der Waals surface area contributed by atoms with Gasteiger partial charge in [-0.3, -0.25) is 9.59 Å². The van der Waals surface area contributed by atoms with Crippen molar-refractivity contribution in [1.82, 2.24) is 0 Å². The van der Waals surface area contributed by atoms with Crippen molar-refractivity contribution in [1.29, 1.82) is 0 Å². The van der Waals surface area contributed by atoms with E-state index >= 15 is 0 Å². The van der Waals surface area contributed by atoms with E-state index in [1.165, 1.54) is 0 Å². The fourth-order valence-electron chi connectivity index (χ4n) is 1.91. The molecule has 0 bridgehead atoms. The summed E-state index contributed by atoms with van der Waals surface area (Å²) in [6.07, 6.45) is 7.43. The zero-order chi connectivity index (χ0) is 16.0. The topological polar surface area (TPSA) is 74.6 Å². The number of unbranched alkanes of at least 4 members (excludes halogenated alkanes) is 2. The molecule has 2 N–H and O–H groups in total. The van der Waals surface area contributed by atoms with Gasteiger partial charge in [0, 0.05) is 0 Å². The molecule has 0 aromatic rings. The zero-order valence-electron chi connectivity index (χ0n) is 14.0. The van der Waals surface area contributed by atoms with Gasteiger partial charge in [-0.15, -0.1) is 0 Å². The average molecular weight is 469 g/mol. The summed E-state index contributed by atoms with van der Waals surface area (Å²) in [5.74, 6) is -1.51. The fraction of sp³-hybridized carbons (Fsp3) is 0.875. The summed E-state index contributed by atoms with van der Waals surface area (Å²) >= 11 is 0. The third-order valence-corrected chi connectivity index (χ3v) is 3.50. The number of hydrogen-bond acceptors (Lipinski definition) is 2. The van der Waals surface area contributed by atoms with Gasteiger partial charge in [-0.2, -0.15) is 0 Å². The molecule has 0 aliphatic carbocycles. The van der Waals surface area contributed by atoms with Gasteiger partial charge in [-0.25, -0.2) is 0 Å². The van der Waals surface area contributed by atoms with Gasteiger partial charge < -0.3 is 10.2 Å². The molecule has 0 fully saturated rings. The molecule has 0 saturated carbocycles. The van der Waals surface area contributed by atoms with Crippen LogP contribution in [0.4, 0.5) is 0 Å². The van der Waals surface area contributed by atoms with Gasteiger partial charge in [0.25, 0.3) is 0 Å². The van der Waals surface area contributed by atoms with Crippen molar-refractivity contribution in [2.45, 2.75) is 79.1 Å². The summed E-state index contributed by atoms with van der Waals surface area (Å²) in [5, 5.41) is 17.2. The maximum absolute atomic E-state index is 10.4. The first-order valence-corrected chi connectivity index (χ1v) is 7.89. The van der Waals surface area contributed by atoms with Crippen molar-refractivity contribution in [3.63, 3.8) is 0 Å². The van der Waals surface area contributed by atoms with E-state index < -0.39 is 11.9 Å². The number of carbonyl (C=O) groups is 2. The van der Waals surface area contributed by atoms with Crippen LogP contribution in [0.25, 0.3) is 0 Å². The Labute approximate surface area is 145 Å². The Bertz CT molecular complexity index is 231. The third-order valence-electron chi connectivity index (χ3n) is 3.50. The average Bonchev–Trinajstić information content (AvgIpc) is 2.40. The van der Waals surface area contributed by atoms with E-state index in [0.717, 1.165) is 51.4 Å². The smallest absolute Gasteiger partial charge is 0.481 e. The molecule has 1 radical (unpaired) electrons. The van der Waals surface area contributed by atoms with E-state index in [-0.39, 0.29) is 34.2 Å². The summed E-state index contributed by atoms with van der Waals surface area (Å²) < 4.78 is 0. The summed E-state index contributed by atoms with van der Waals surface area (Å²) in [5.41, 5.74) is 0. The van der Waals surface area contributed by atoms with E-state index in [4.69, 9.17) is 10.2 Å². The molecule has 0 rings (SSSR count). The molecule has 0 heterocycles. The maximum Gasteiger partial charge on any atom is 2.00 e. The summed E-state index contributed by atoms with van der Waals surface area (Å²) in [4.78, 5) is 20.9. The molecular formula is C16H32O4Ta+2. The molecule has 2 atom stereocenters. The minimum Gasteiger partial charge on any atom is -0.481 e. The molecular weight excluding hydrogens is 437 g/mol. The number of hydrogen-bond donors (Lipinski definition) is 2. The fourth-order valence-corrected chi connectivity index (χ4v) is 1.91. The number of carboxylic acid groups (broad SMARTS) is 2. The molecule has 2 unspecified atom stereocenters. The number of rotatable bonds is 10. The van der Waals surface area contributed by atoms with E-state index in [1.807, 2.05) is 13.8 Å². The molecule has 0 spiro atoms. The van der Waals surface area contributed by atoms with Crippen molar-refractivity contribution in [3.05, 3.63) is 0 Å². The van der Waals surface area contributed by atoms with Crippen LogP contribution in [0.5, 0.6) is 0 Å². The van der Waals surface area contributed by atoms with Gasteiger partial charge in [-0.05, 0) is 25.7 Å². The molecule has 0 aliphatic rings. The minimum atomic E-state index is -0.643. The van der Waals surface area contributed by atoms with Crippen molar-refractivity contribution in [3.8, 4) is 0 Å². The monoisotopic (exact) mass is 469 g/mol. The summed E-state index contributed by atoms with van der Waals surface area (Å²) in [6.45, 7) is 8.01. The van der Waals surface area contributed by atoms with Crippen molar-refractivity contribution in [2.24, 2.45) is 11.8 Å². The van der Waals surface area contributed by atoms with Gasteiger partial charge in [0.2, 0.25) is 0 Å². The zero-order valence-corrected chi connectivity index (χ0v) is 17.2. The first-order chi connectivity index (χ1) is 9.44. The molecule has 0 aromatic carbocycles. The van der Waals surface area contributed by atoms with Crippen LogP contribution < -0.4 is 0 Å². The summed E-state index contributed by atoms with van der Waals surface area (Å²) in [7, 11) is 0. The van der Waals surface area contributed by atoms with Crippen molar-refractivity contribution in [2.75, 3.05) is 0 Å². The molecule has 5 heteroatoms. The normalized spacial score (nSPS) is 12.4. The molecule has 0 aromatic heterocycles. The maximum atomic E-state index is 10.4. The van der Waals surface area contributed by atoms with Crippen LogP contribution in [-0.2, 0) is 32.0 Å². The Morgan fingerprint density at radius 1 is 0.762 bits per heavy atom. The molecule has 4 nitrogen and oxygen atoms in total. The molecule has 123 valence electrons. The SMILES string of the molecule is CCCCC(CC)C(=O)O.CCCCC(CC)C(=O)O.[Ta+2]. The first kappa shape index (κ1) is 25.6. The van der Waals surface area contributed by atoms with E-state index in [1.54, 1.807) is 0 Å². The molecule has 0 aliphatic heterocycles. The van der Waals surface area contributed by atoms with Gasteiger partial charge >= 0.3 is 34.3 Å². The van der Waals surface area contributed by atoms with Crippen LogP contribution >= 0.6 is 0 Å². The Morgan fingerprint density at radius 3 is 1.19 bits per heavy atom. The van der Waals surface area contributed by atoms with Crippen LogP contribution in [0.15, 0.2) is 0 Å². The van der Waals surface area contributed by atoms with Gasteiger partial charge in [0.1, 0.15) is 0 Å². The number of aliphatic carboxylic acids is 2. The Morgan fingerprint density at radius 2 is 1.05 bits per heavy atom. The molecule has 0 amide bonds. The van der Waals surface area contributed by atoms with Crippen LogP contribution in [0.2, 0.25) is 0 Å². The molecule has 21 heavy (non-hydrogen) atoms. The van der Waals surface area contributed by atoms with Crippen LogP contribution in [-0.4, -0.2) is 22.2 Å². The second kappa shape index (κ2) is 17.7. The third kappa shape index (κ3) is 15.9. The van der Waals surface area contributed by atoms with Crippen LogP contribution in [0.3, 0.4) is 0 Å². The Kier molecular flexibility index (Phi) is 21.6. The van der Waals surface area contributed by atoms with Crippen molar-refractivity contribution >= 4 is 11.9 Å². The summed E-state index contributed by atoms with van der Waals surface area (Å²) in [6, 6.07) is 0.